The molecule has 3 aromatic rings. The fraction of sp³-hybridized carbons (Fsp3) is 0.483. The number of nitrogens with one attached hydrogen (secondary N) is 3. The van der Waals surface area contributed by atoms with E-state index in [2.05, 4.69) is 51.3 Å². The quantitative estimate of drug-likeness (QED) is 0.222. The molecule has 222 valence electrons. The highest BCUT2D eigenvalue weighted by Crippen LogP contribution is 2.66. The molecule has 2 bridgehead atoms. The van der Waals surface area contributed by atoms with Crippen molar-refractivity contribution in [2.24, 2.45) is 16.7 Å². The maximum atomic E-state index is 12.8. The third-order valence-corrected chi connectivity index (χ3v) is 9.34. The van der Waals surface area contributed by atoms with E-state index in [4.69, 9.17) is 10.5 Å². The number of esters is 1. The number of amides is 1. The first-order valence-corrected chi connectivity index (χ1v) is 14.0. The molecule has 2 aliphatic rings. The second-order valence-electron chi connectivity index (χ2n) is 11.9. The Morgan fingerprint density at radius 1 is 1.19 bits per heavy atom. The number of carboxylic acid groups (broad SMARTS) is 1. The zero-order valence-corrected chi connectivity index (χ0v) is 23.8. The molecule has 13 heteroatoms. The molecule has 0 spiro atoms. The molecule has 0 aliphatic heterocycles. The van der Waals surface area contributed by atoms with Gasteiger partial charge in [0, 0.05) is 23.1 Å². The average molecular weight is 578 g/mol. The number of rotatable bonds is 10. The standard InChI is InChI=1S/C29H35N7O6/c1-28(2)16-10-11-29(28,3)20(12-16)42-21(37)9-8-19(26(40)41)34-24(38)15-4-6-17(7-5-15)31-13-18-14-32-23-22(33-18)25(39)36-27(30)35-23/h4-7,14,16,19-20,31H,8-13H2,1-3H3,(H,34,38)(H,40,41)(H3,30,32,35,36,39). The molecule has 6 N–H and O–H groups in total. The summed E-state index contributed by atoms with van der Waals surface area (Å²) >= 11 is 0. The Labute approximate surface area is 241 Å². The first-order chi connectivity index (χ1) is 19.9. The van der Waals surface area contributed by atoms with Crippen molar-refractivity contribution in [2.45, 2.75) is 71.6 Å². The zero-order chi connectivity index (χ0) is 30.2. The normalized spacial score (nSPS) is 22.9. The first kappa shape index (κ1) is 29.0. The van der Waals surface area contributed by atoms with Crippen molar-refractivity contribution in [3.63, 3.8) is 0 Å². The van der Waals surface area contributed by atoms with Crippen LogP contribution in [0.2, 0.25) is 0 Å². The molecule has 1 aromatic carbocycles. The second-order valence-corrected chi connectivity index (χ2v) is 11.9. The van der Waals surface area contributed by atoms with Gasteiger partial charge in [0.15, 0.2) is 11.2 Å². The Kier molecular flexibility index (Phi) is 7.60. The van der Waals surface area contributed by atoms with E-state index in [9.17, 15) is 24.3 Å². The van der Waals surface area contributed by atoms with Gasteiger partial charge in [0.25, 0.3) is 11.5 Å². The van der Waals surface area contributed by atoms with Gasteiger partial charge in [0.05, 0.1) is 18.4 Å². The number of nitrogens with two attached hydrogens (primary N) is 1. The summed E-state index contributed by atoms with van der Waals surface area (Å²) in [5.41, 5.74) is 6.67. The largest absolute Gasteiger partial charge is 0.480 e. The lowest BCUT2D eigenvalue weighted by atomic mass is 9.70. The molecule has 2 fully saturated rings. The number of aromatic nitrogens is 4. The van der Waals surface area contributed by atoms with Crippen LogP contribution in [0.25, 0.3) is 11.2 Å². The maximum Gasteiger partial charge on any atom is 0.326 e. The highest BCUT2D eigenvalue weighted by atomic mass is 16.5. The lowest BCUT2D eigenvalue weighted by Crippen LogP contribution is -2.41. The summed E-state index contributed by atoms with van der Waals surface area (Å²) in [5, 5.41) is 15.3. The summed E-state index contributed by atoms with van der Waals surface area (Å²) in [6.07, 6.45) is 4.11. The van der Waals surface area contributed by atoms with Gasteiger partial charge in [-0.1, -0.05) is 20.8 Å². The number of ether oxygens (including phenoxy) is 1. The number of nitrogen functional groups attached to an aromatic ring is 1. The van der Waals surface area contributed by atoms with Gasteiger partial charge in [-0.05, 0) is 61.3 Å². The number of aliphatic carboxylic acids is 1. The number of benzene rings is 1. The van der Waals surface area contributed by atoms with Crippen molar-refractivity contribution in [1.82, 2.24) is 25.3 Å². The Balaban J connectivity index is 1.13. The van der Waals surface area contributed by atoms with E-state index < -0.39 is 29.4 Å². The highest BCUT2D eigenvalue weighted by Gasteiger charge is 2.62. The van der Waals surface area contributed by atoms with Crippen LogP contribution in [0.3, 0.4) is 0 Å². The lowest BCUT2D eigenvalue weighted by Gasteiger charge is -2.38. The molecule has 0 radical (unpaired) electrons. The van der Waals surface area contributed by atoms with Crippen LogP contribution >= 0.6 is 0 Å². The molecule has 4 atom stereocenters. The van der Waals surface area contributed by atoms with Gasteiger partial charge in [-0.2, -0.15) is 4.98 Å². The third-order valence-electron chi connectivity index (χ3n) is 9.34. The van der Waals surface area contributed by atoms with Crippen LogP contribution in [0.15, 0.2) is 35.3 Å². The lowest BCUT2D eigenvalue weighted by molar-refractivity contribution is -0.157. The number of carbonyl (C=O) groups is 3. The molecule has 2 heterocycles. The van der Waals surface area contributed by atoms with E-state index >= 15 is 0 Å². The van der Waals surface area contributed by atoms with Gasteiger partial charge in [0.2, 0.25) is 5.95 Å². The van der Waals surface area contributed by atoms with Crippen molar-refractivity contribution in [1.29, 1.82) is 0 Å². The monoisotopic (exact) mass is 577 g/mol. The zero-order valence-electron chi connectivity index (χ0n) is 23.8. The van der Waals surface area contributed by atoms with E-state index in [1.165, 1.54) is 6.20 Å². The van der Waals surface area contributed by atoms with Crippen LogP contribution in [0.5, 0.6) is 0 Å². The average Bonchev–Trinajstić information content (AvgIpc) is 3.28. The van der Waals surface area contributed by atoms with Crippen molar-refractivity contribution in [3.05, 3.63) is 52.1 Å². The van der Waals surface area contributed by atoms with Crippen LogP contribution < -0.4 is 21.9 Å². The Hall–Kier alpha value is -4.55. The minimum Gasteiger partial charge on any atom is -0.480 e. The van der Waals surface area contributed by atoms with Crippen molar-refractivity contribution >= 4 is 40.6 Å². The first-order valence-electron chi connectivity index (χ1n) is 14.0. The van der Waals surface area contributed by atoms with E-state index in [0.717, 1.165) is 19.3 Å². The van der Waals surface area contributed by atoms with E-state index in [-0.39, 0.29) is 59.0 Å². The number of aromatic amines is 1. The second kappa shape index (κ2) is 11.0. The number of carbonyl (C=O) groups excluding carboxylic acids is 2. The molecular formula is C29H35N7O6. The minimum absolute atomic E-state index is 0.0431. The summed E-state index contributed by atoms with van der Waals surface area (Å²) in [5.74, 6) is -1.77. The van der Waals surface area contributed by atoms with Crippen molar-refractivity contribution in [2.75, 3.05) is 11.1 Å². The van der Waals surface area contributed by atoms with Crippen LogP contribution in [-0.2, 0) is 20.9 Å². The smallest absolute Gasteiger partial charge is 0.326 e. The molecule has 42 heavy (non-hydrogen) atoms. The molecule has 2 aliphatic carbocycles. The van der Waals surface area contributed by atoms with Crippen LogP contribution in [0.1, 0.15) is 68.9 Å². The van der Waals surface area contributed by atoms with Crippen LogP contribution in [0.4, 0.5) is 11.6 Å². The molecule has 4 unspecified atom stereocenters. The Morgan fingerprint density at radius 3 is 2.57 bits per heavy atom. The number of nitrogens with zero attached hydrogens (tertiary/aromatic N) is 3. The number of fused-ring (bicyclic) bond motifs is 3. The molecule has 1 amide bonds. The molecule has 2 aromatic heterocycles. The predicted octanol–water partition coefficient (Wildman–Crippen LogP) is 2.63. The van der Waals surface area contributed by atoms with Gasteiger partial charge in [-0.15, -0.1) is 0 Å². The van der Waals surface area contributed by atoms with Crippen LogP contribution in [0, 0.1) is 16.7 Å². The summed E-state index contributed by atoms with van der Waals surface area (Å²) in [6, 6.07) is 5.17. The Morgan fingerprint density at radius 2 is 1.93 bits per heavy atom. The number of hydrogen-bond donors (Lipinski definition) is 5. The fourth-order valence-electron chi connectivity index (χ4n) is 6.28. The summed E-state index contributed by atoms with van der Waals surface area (Å²) in [4.78, 5) is 64.0. The number of hydrogen-bond acceptors (Lipinski definition) is 10. The molecule has 13 nitrogen and oxygen atoms in total. The molecule has 5 rings (SSSR count). The van der Waals surface area contributed by atoms with E-state index in [1.54, 1.807) is 24.3 Å². The molecule has 2 saturated carbocycles. The van der Waals surface area contributed by atoms with E-state index in [1.807, 2.05) is 0 Å². The number of anilines is 2. The SMILES string of the molecule is CC1(C)C2CCC1(C)C(OC(=O)CCC(NC(=O)c1ccc(NCc3cnc4nc(N)[nH]c(=O)c4n3)cc1)C(=O)O)C2. The molecule has 0 saturated heterocycles. The van der Waals surface area contributed by atoms with Crippen LogP contribution in [-0.4, -0.2) is 55.0 Å². The van der Waals surface area contributed by atoms with Gasteiger partial charge in [-0.25, -0.2) is 14.8 Å². The van der Waals surface area contributed by atoms with Gasteiger partial charge in [0.1, 0.15) is 12.1 Å². The van der Waals surface area contributed by atoms with Gasteiger partial charge >= 0.3 is 11.9 Å². The third kappa shape index (κ3) is 5.50. The highest BCUT2D eigenvalue weighted by molar-refractivity contribution is 5.97. The van der Waals surface area contributed by atoms with Gasteiger partial charge < -0.3 is 26.2 Å². The maximum absolute atomic E-state index is 12.8. The summed E-state index contributed by atoms with van der Waals surface area (Å²) in [7, 11) is 0. The minimum atomic E-state index is -1.24. The topological polar surface area (TPSA) is 202 Å². The summed E-state index contributed by atoms with van der Waals surface area (Å²) in [6.45, 7) is 6.88. The number of H-pyrrole nitrogens is 1. The van der Waals surface area contributed by atoms with Crippen molar-refractivity contribution < 1.29 is 24.2 Å². The van der Waals surface area contributed by atoms with E-state index in [0.29, 0.717) is 17.3 Å². The number of carboxylic acids is 1. The Bertz CT molecular complexity index is 1590. The summed E-state index contributed by atoms with van der Waals surface area (Å²) < 4.78 is 5.82. The van der Waals surface area contributed by atoms with Gasteiger partial charge in [-0.3, -0.25) is 19.4 Å². The fourth-order valence-corrected chi connectivity index (χ4v) is 6.28. The predicted molar refractivity (Wildman–Crippen MR) is 153 cm³/mol. The van der Waals surface area contributed by atoms with Crippen molar-refractivity contribution in [3.8, 4) is 0 Å². The molecular weight excluding hydrogens is 542 g/mol.